The Bertz CT molecular complexity index is 1280. The molecule has 0 N–H and O–H groups in total. The number of amides is 2. The molecule has 0 fully saturated rings. The predicted octanol–water partition coefficient (Wildman–Crippen LogP) is 5.02. The Morgan fingerprint density at radius 3 is 2.18 bits per heavy atom. The number of rotatable bonds is 6. The Balaban J connectivity index is 1.92. The third-order valence-corrected chi connectivity index (χ3v) is 5.69. The fraction of sp³-hybridized carbons (Fsp3) is 0.154. The molecule has 0 aromatic heterocycles. The van der Waals surface area contributed by atoms with E-state index in [1.54, 1.807) is 0 Å². The zero-order chi connectivity index (χ0) is 23.7. The highest BCUT2D eigenvalue weighted by molar-refractivity contribution is 6.46. The summed E-state index contributed by atoms with van der Waals surface area (Å²) in [6.07, 6.45) is 0. The van der Waals surface area contributed by atoms with Crippen molar-refractivity contribution in [1.82, 2.24) is 0 Å². The Labute approximate surface area is 191 Å². The number of anilines is 2. The summed E-state index contributed by atoms with van der Waals surface area (Å²) in [6, 6.07) is 20.7. The first kappa shape index (κ1) is 22.0. The highest BCUT2D eigenvalue weighted by Gasteiger charge is 2.43. The third kappa shape index (κ3) is 3.89. The van der Waals surface area contributed by atoms with Crippen LogP contribution in [0.15, 0.2) is 78.5 Å². The molecule has 4 rings (SSSR count). The van der Waals surface area contributed by atoms with Crippen LogP contribution in [-0.2, 0) is 9.59 Å². The van der Waals surface area contributed by atoms with Crippen molar-refractivity contribution in [1.29, 1.82) is 0 Å². The van der Waals surface area contributed by atoms with Crippen LogP contribution in [0.2, 0.25) is 0 Å². The Morgan fingerprint density at radius 1 is 0.909 bits per heavy atom. The largest absolute Gasteiger partial charge is 0.337 e. The SMILES string of the molecule is CCN(C1=C(c2ccc([N+](=O)[O-])cc2)C(=O)N(c2cc(C)ccc2C)C1=O)c1ccccc1. The molecule has 3 aromatic rings. The van der Waals surface area contributed by atoms with Crippen molar-refractivity contribution in [2.75, 3.05) is 16.3 Å². The molecule has 1 heterocycles. The number of likely N-dealkylation sites (N-methyl/N-ethyl adjacent to an activating group) is 1. The van der Waals surface area contributed by atoms with Gasteiger partial charge in [0.2, 0.25) is 0 Å². The molecule has 3 aromatic carbocycles. The molecule has 166 valence electrons. The molecule has 0 saturated heterocycles. The topological polar surface area (TPSA) is 83.8 Å². The van der Waals surface area contributed by atoms with E-state index in [-0.39, 0.29) is 17.0 Å². The zero-order valence-electron chi connectivity index (χ0n) is 18.6. The first-order chi connectivity index (χ1) is 15.8. The first-order valence-electron chi connectivity index (χ1n) is 10.6. The van der Waals surface area contributed by atoms with E-state index in [0.29, 0.717) is 17.8 Å². The number of hydrogen-bond acceptors (Lipinski definition) is 5. The van der Waals surface area contributed by atoms with E-state index in [1.165, 1.54) is 29.2 Å². The molecule has 0 radical (unpaired) electrons. The van der Waals surface area contributed by atoms with Crippen LogP contribution in [0.5, 0.6) is 0 Å². The third-order valence-electron chi connectivity index (χ3n) is 5.69. The molecule has 1 aliphatic heterocycles. The van der Waals surface area contributed by atoms with Crippen molar-refractivity contribution in [2.45, 2.75) is 20.8 Å². The van der Waals surface area contributed by atoms with Gasteiger partial charge in [-0.05, 0) is 67.8 Å². The van der Waals surface area contributed by atoms with Gasteiger partial charge in [-0.3, -0.25) is 19.7 Å². The number of nitro benzene ring substituents is 1. The molecule has 0 atom stereocenters. The van der Waals surface area contributed by atoms with Gasteiger partial charge in [0.25, 0.3) is 17.5 Å². The number of imide groups is 1. The van der Waals surface area contributed by atoms with Gasteiger partial charge in [-0.1, -0.05) is 30.3 Å². The summed E-state index contributed by atoms with van der Waals surface area (Å²) >= 11 is 0. The second-order valence-corrected chi connectivity index (χ2v) is 7.84. The lowest BCUT2D eigenvalue weighted by molar-refractivity contribution is -0.384. The van der Waals surface area contributed by atoms with Crippen LogP contribution in [0.3, 0.4) is 0 Å². The van der Waals surface area contributed by atoms with E-state index < -0.39 is 16.7 Å². The quantitative estimate of drug-likeness (QED) is 0.305. The summed E-state index contributed by atoms with van der Waals surface area (Å²) in [5.41, 5.74) is 3.88. The fourth-order valence-electron chi connectivity index (χ4n) is 4.04. The van der Waals surface area contributed by atoms with Gasteiger partial charge in [0.15, 0.2) is 0 Å². The number of carbonyl (C=O) groups is 2. The number of hydrogen-bond donors (Lipinski definition) is 0. The maximum absolute atomic E-state index is 13.8. The van der Waals surface area contributed by atoms with Crippen molar-refractivity contribution in [2.24, 2.45) is 0 Å². The molecule has 0 spiro atoms. The fourth-order valence-corrected chi connectivity index (χ4v) is 4.04. The first-order valence-corrected chi connectivity index (χ1v) is 10.6. The minimum absolute atomic E-state index is 0.0838. The number of nitro groups is 1. The number of nitrogens with zero attached hydrogens (tertiary/aromatic N) is 3. The van der Waals surface area contributed by atoms with Gasteiger partial charge in [0.1, 0.15) is 5.70 Å². The second-order valence-electron chi connectivity index (χ2n) is 7.84. The van der Waals surface area contributed by atoms with Crippen molar-refractivity contribution < 1.29 is 14.5 Å². The number of carbonyl (C=O) groups excluding carboxylic acids is 2. The zero-order valence-corrected chi connectivity index (χ0v) is 18.6. The van der Waals surface area contributed by atoms with Crippen LogP contribution in [0.25, 0.3) is 5.57 Å². The standard InChI is InChI=1S/C26H23N3O4/c1-4-27(20-8-6-5-7-9-20)24-23(19-12-14-21(15-13-19)29(32)33)25(30)28(26(24)31)22-16-17(2)10-11-18(22)3/h5-16H,4H2,1-3H3. The molecular formula is C26H23N3O4. The second kappa shape index (κ2) is 8.70. The lowest BCUT2D eigenvalue weighted by atomic mass is 10.0. The summed E-state index contributed by atoms with van der Waals surface area (Å²) in [5, 5.41) is 11.1. The molecule has 33 heavy (non-hydrogen) atoms. The van der Waals surface area contributed by atoms with Crippen LogP contribution in [0.4, 0.5) is 17.1 Å². The monoisotopic (exact) mass is 441 g/mol. The van der Waals surface area contributed by atoms with Crippen LogP contribution < -0.4 is 9.80 Å². The van der Waals surface area contributed by atoms with E-state index in [1.807, 2.05) is 74.2 Å². The average molecular weight is 441 g/mol. The highest BCUT2D eigenvalue weighted by Crippen LogP contribution is 2.38. The van der Waals surface area contributed by atoms with Gasteiger partial charge >= 0.3 is 0 Å². The Morgan fingerprint density at radius 2 is 1.58 bits per heavy atom. The molecule has 0 unspecified atom stereocenters. The molecular weight excluding hydrogens is 418 g/mol. The van der Waals surface area contributed by atoms with Crippen molar-refractivity contribution in [3.05, 3.63) is 105 Å². The van der Waals surface area contributed by atoms with Crippen LogP contribution in [0, 0.1) is 24.0 Å². The predicted molar refractivity (Wildman–Crippen MR) is 128 cm³/mol. The summed E-state index contributed by atoms with van der Waals surface area (Å²) in [6.45, 7) is 6.12. The molecule has 1 aliphatic rings. The van der Waals surface area contributed by atoms with Gasteiger partial charge in [-0.15, -0.1) is 0 Å². The van der Waals surface area contributed by atoms with Crippen molar-refractivity contribution >= 4 is 34.4 Å². The minimum atomic E-state index is -0.495. The lowest BCUT2D eigenvalue weighted by Crippen LogP contribution is -2.35. The van der Waals surface area contributed by atoms with Gasteiger partial charge in [0.05, 0.1) is 16.2 Å². The van der Waals surface area contributed by atoms with Crippen molar-refractivity contribution in [3.63, 3.8) is 0 Å². The summed E-state index contributed by atoms with van der Waals surface area (Å²) < 4.78 is 0. The summed E-state index contributed by atoms with van der Waals surface area (Å²) in [7, 11) is 0. The van der Waals surface area contributed by atoms with E-state index in [2.05, 4.69) is 0 Å². The molecule has 7 heteroatoms. The van der Waals surface area contributed by atoms with E-state index in [9.17, 15) is 19.7 Å². The van der Waals surface area contributed by atoms with Crippen LogP contribution in [-0.4, -0.2) is 23.3 Å². The van der Waals surface area contributed by atoms with Crippen LogP contribution in [0.1, 0.15) is 23.6 Å². The van der Waals surface area contributed by atoms with Crippen molar-refractivity contribution in [3.8, 4) is 0 Å². The number of para-hydroxylation sites is 1. The summed E-state index contributed by atoms with van der Waals surface area (Å²) in [4.78, 5) is 41.2. The molecule has 0 aliphatic carbocycles. The Kier molecular flexibility index (Phi) is 5.79. The molecule has 0 saturated carbocycles. The highest BCUT2D eigenvalue weighted by atomic mass is 16.6. The maximum atomic E-state index is 13.8. The van der Waals surface area contributed by atoms with Gasteiger partial charge < -0.3 is 4.90 Å². The molecule has 2 amide bonds. The van der Waals surface area contributed by atoms with E-state index >= 15 is 0 Å². The van der Waals surface area contributed by atoms with Crippen LogP contribution >= 0.6 is 0 Å². The average Bonchev–Trinajstić information content (AvgIpc) is 3.07. The lowest BCUT2D eigenvalue weighted by Gasteiger charge is -2.25. The van der Waals surface area contributed by atoms with E-state index in [0.717, 1.165) is 16.8 Å². The van der Waals surface area contributed by atoms with Gasteiger partial charge in [0, 0.05) is 24.4 Å². The van der Waals surface area contributed by atoms with E-state index in [4.69, 9.17) is 0 Å². The number of benzene rings is 3. The summed E-state index contributed by atoms with van der Waals surface area (Å²) in [5.74, 6) is -0.875. The number of aryl methyl sites for hydroxylation is 2. The van der Waals surface area contributed by atoms with Gasteiger partial charge in [-0.25, -0.2) is 4.90 Å². The smallest absolute Gasteiger partial charge is 0.282 e. The maximum Gasteiger partial charge on any atom is 0.282 e. The molecule has 0 bridgehead atoms. The normalized spacial score (nSPS) is 13.6. The molecule has 7 nitrogen and oxygen atoms in total. The number of non-ortho nitro benzene ring substituents is 1. The Hall–Kier alpha value is -4.26. The minimum Gasteiger partial charge on any atom is -0.337 e. The van der Waals surface area contributed by atoms with Gasteiger partial charge in [-0.2, -0.15) is 0 Å².